The summed E-state index contributed by atoms with van der Waals surface area (Å²) < 4.78 is 28.2. The van der Waals surface area contributed by atoms with Gasteiger partial charge < -0.3 is 4.90 Å². The third-order valence-electron chi connectivity index (χ3n) is 5.53. The lowest BCUT2D eigenvalue weighted by atomic mass is 10.1. The number of carbonyl (C=O) groups is 1. The summed E-state index contributed by atoms with van der Waals surface area (Å²) >= 11 is 6.29. The standard InChI is InChI=1S/C24H23ClN2O3S/c1-17-12-13-20(15-22(17)25)26(31(29,30)21-9-4-3-5-10-21)16-24(28)27-18(2)14-19-8-6-7-11-23(19)27/h3-13,15,18H,14,16H2,1-2H3. The topological polar surface area (TPSA) is 57.7 Å². The van der Waals surface area contributed by atoms with Crippen LogP contribution in [-0.2, 0) is 21.2 Å². The van der Waals surface area contributed by atoms with Crippen LogP contribution in [0.3, 0.4) is 0 Å². The van der Waals surface area contributed by atoms with E-state index in [1.807, 2.05) is 38.1 Å². The molecule has 0 spiro atoms. The van der Waals surface area contributed by atoms with Gasteiger partial charge in [0.2, 0.25) is 5.91 Å². The minimum absolute atomic E-state index is 0.0483. The molecule has 3 aromatic rings. The minimum Gasteiger partial charge on any atom is -0.307 e. The average Bonchev–Trinajstić information content (AvgIpc) is 3.10. The lowest BCUT2D eigenvalue weighted by Gasteiger charge is -2.29. The minimum atomic E-state index is -3.98. The number of benzene rings is 3. The van der Waals surface area contributed by atoms with Crippen LogP contribution in [0.4, 0.5) is 11.4 Å². The third kappa shape index (κ3) is 4.05. The Morgan fingerprint density at radius 1 is 1.06 bits per heavy atom. The molecule has 1 aliphatic rings. The highest BCUT2D eigenvalue weighted by atomic mass is 35.5. The summed E-state index contributed by atoms with van der Waals surface area (Å²) in [6.45, 7) is 3.49. The highest BCUT2D eigenvalue weighted by Crippen LogP contribution is 2.33. The zero-order valence-corrected chi connectivity index (χ0v) is 18.9. The van der Waals surface area contributed by atoms with E-state index >= 15 is 0 Å². The molecular weight excluding hydrogens is 432 g/mol. The fourth-order valence-corrected chi connectivity index (χ4v) is 5.52. The fourth-order valence-electron chi connectivity index (χ4n) is 3.92. The highest BCUT2D eigenvalue weighted by Gasteiger charge is 2.34. The van der Waals surface area contributed by atoms with Crippen molar-refractivity contribution in [1.82, 2.24) is 0 Å². The second kappa shape index (κ2) is 8.36. The van der Waals surface area contributed by atoms with Crippen molar-refractivity contribution >= 4 is 38.9 Å². The summed E-state index contributed by atoms with van der Waals surface area (Å²) in [6.07, 6.45) is 0.740. The molecule has 0 saturated heterocycles. The van der Waals surface area contributed by atoms with Crippen LogP contribution in [0.15, 0.2) is 77.7 Å². The zero-order chi connectivity index (χ0) is 22.2. The molecule has 1 amide bonds. The Morgan fingerprint density at radius 2 is 1.74 bits per heavy atom. The Bertz CT molecular complexity index is 1230. The maximum absolute atomic E-state index is 13.5. The molecule has 31 heavy (non-hydrogen) atoms. The van der Waals surface area contributed by atoms with Gasteiger partial charge in [0.15, 0.2) is 0 Å². The van der Waals surface area contributed by atoms with Gasteiger partial charge in [0, 0.05) is 16.8 Å². The summed E-state index contributed by atoms with van der Waals surface area (Å²) in [7, 11) is -3.98. The SMILES string of the molecule is Cc1ccc(N(CC(=O)N2c3ccccc3CC2C)S(=O)(=O)c2ccccc2)cc1Cl. The van der Waals surface area contributed by atoms with E-state index in [0.29, 0.717) is 10.7 Å². The number of nitrogens with zero attached hydrogens (tertiary/aromatic N) is 2. The van der Waals surface area contributed by atoms with Crippen molar-refractivity contribution < 1.29 is 13.2 Å². The summed E-state index contributed by atoms with van der Waals surface area (Å²) in [6, 6.07) is 20.8. The van der Waals surface area contributed by atoms with Crippen LogP contribution >= 0.6 is 11.6 Å². The summed E-state index contributed by atoms with van der Waals surface area (Å²) in [5.41, 5.74) is 3.10. The van der Waals surface area contributed by atoms with E-state index in [1.54, 1.807) is 41.3 Å². The van der Waals surface area contributed by atoms with E-state index in [9.17, 15) is 13.2 Å². The van der Waals surface area contributed by atoms with Gasteiger partial charge in [-0.25, -0.2) is 8.42 Å². The van der Waals surface area contributed by atoms with Crippen molar-refractivity contribution in [3.8, 4) is 0 Å². The molecule has 1 atom stereocenters. The number of hydrogen-bond donors (Lipinski definition) is 0. The average molecular weight is 455 g/mol. The molecule has 0 bridgehead atoms. The summed E-state index contributed by atoms with van der Waals surface area (Å²) in [4.78, 5) is 15.2. The number of carbonyl (C=O) groups excluding carboxylic acids is 1. The van der Waals surface area contributed by atoms with Crippen molar-refractivity contribution in [2.75, 3.05) is 15.7 Å². The normalized spacial score (nSPS) is 15.6. The number of sulfonamides is 1. The second-order valence-corrected chi connectivity index (χ2v) is 9.97. The van der Waals surface area contributed by atoms with Gasteiger partial charge in [-0.1, -0.05) is 54.1 Å². The first-order chi connectivity index (χ1) is 14.8. The van der Waals surface area contributed by atoms with Gasteiger partial charge in [-0.05, 0) is 61.7 Å². The molecule has 0 aliphatic carbocycles. The summed E-state index contributed by atoms with van der Waals surface area (Å²) in [5, 5.41) is 0.443. The molecule has 5 nitrogen and oxygen atoms in total. The van der Waals surface area contributed by atoms with Crippen molar-refractivity contribution in [2.45, 2.75) is 31.2 Å². The predicted molar refractivity (Wildman–Crippen MR) is 124 cm³/mol. The van der Waals surface area contributed by atoms with Crippen LogP contribution in [-0.4, -0.2) is 26.9 Å². The fraction of sp³-hybridized carbons (Fsp3) is 0.208. The van der Waals surface area contributed by atoms with Gasteiger partial charge in [-0.15, -0.1) is 0 Å². The van der Waals surface area contributed by atoms with Gasteiger partial charge in [-0.2, -0.15) is 0 Å². The molecule has 0 N–H and O–H groups in total. The molecule has 0 saturated carbocycles. The Morgan fingerprint density at radius 3 is 2.45 bits per heavy atom. The van der Waals surface area contributed by atoms with E-state index in [2.05, 4.69) is 0 Å². The molecule has 0 aromatic heterocycles. The first-order valence-electron chi connectivity index (χ1n) is 10.0. The van der Waals surface area contributed by atoms with Gasteiger partial charge >= 0.3 is 0 Å². The van der Waals surface area contributed by atoms with Crippen LogP contribution in [0, 0.1) is 6.92 Å². The monoisotopic (exact) mass is 454 g/mol. The van der Waals surface area contributed by atoms with E-state index in [0.717, 1.165) is 27.5 Å². The molecule has 0 fully saturated rings. The van der Waals surface area contributed by atoms with Crippen LogP contribution in [0.5, 0.6) is 0 Å². The van der Waals surface area contributed by atoms with Gasteiger partial charge in [0.1, 0.15) is 6.54 Å². The number of fused-ring (bicyclic) bond motifs is 1. The lowest BCUT2D eigenvalue weighted by molar-refractivity contribution is -0.117. The number of halogens is 1. The maximum Gasteiger partial charge on any atom is 0.264 e. The maximum atomic E-state index is 13.5. The zero-order valence-electron chi connectivity index (χ0n) is 17.3. The first-order valence-corrected chi connectivity index (χ1v) is 11.8. The number of amides is 1. The second-order valence-electron chi connectivity index (χ2n) is 7.70. The Hall–Kier alpha value is -2.83. The van der Waals surface area contributed by atoms with Gasteiger partial charge in [-0.3, -0.25) is 9.10 Å². The lowest BCUT2D eigenvalue weighted by Crippen LogP contribution is -2.45. The van der Waals surface area contributed by atoms with Gasteiger partial charge in [0.25, 0.3) is 10.0 Å². The molecule has 3 aromatic carbocycles. The molecule has 7 heteroatoms. The number of anilines is 2. The Balaban J connectivity index is 1.75. The number of rotatable bonds is 5. The molecule has 1 aliphatic heterocycles. The van der Waals surface area contributed by atoms with Crippen LogP contribution in [0.1, 0.15) is 18.1 Å². The molecule has 0 radical (unpaired) electrons. The number of para-hydroxylation sites is 1. The highest BCUT2D eigenvalue weighted by molar-refractivity contribution is 7.92. The van der Waals surface area contributed by atoms with E-state index in [4.69, 9.17) is 11.6 Å². The van der Waals surface area contributed by atoms with E-state index in [1.165, 1.54) is 12.1 Å². The van der Waals surface area contributed by atoms with Crippen molar-refractivity contribution in [3.63, 3.8) is 0 Å². The van der Waals surface area contributed by atoms with Crippen LogP contribution in [0.25, 0.3) is 0 Å². The predicted octanol–water partition coefficient (Wildman–Crippen LogP) is 4.82. The van der Waals surface area contributed by atoms with E-state index in [-0.39, 0.29) is 23.4 Å². The number of hydrogen-bond acceptors (Lipinski definition) is 3. The Labute approximate surface area is 187 Å². The molecule has 1 unspecified atom stereocenters. The molecule has 1 heterocycles. The quantitative estimate of drug-likeness (QED) is 0.555. The van der Waals surface area contributed by atoms with Crippen LogP contribution in [0.2, 0.25) is 5.02 Å². The molecule has 4 rings (SSSR count). The van der Waals surface area contributed by atoms with Crippen molar-refractivity contribution in [2.24, 2.45) is 0 Å². The summed E-state index contributed by atoms with van der Waals surface area (Å²) in [5.74, 6) is -0.284. The Kier molecular flexibility index (Phi) is 5.77. The first kappa shape index (κ1) is 21.4. The molecule has 160 valence electrons. The third-order valence-corrected chi connectivity index (χ3v) is 7.72. The smallest absolute Gasteiger partial charge is 0.264 e. The van der Waals surface area contributed by atoms with Crippen molar-refractivity contribution in [3.05, 3.63) is 88.9 Å². The largest absolute Gasteiger partial charge is 0.307 e. The van der Waals surface area contributed by atoms with Crippen molar-refractivity contribution in [1.29, 1.82) is 0 Å². The van der Waals surface area contributed by atoms with Gasteiger partial charge in [0.05, 0.1) is 10.6 Å². The molecular formula is C24H23ClN2O3S. The number of aryl methyl sites for hydroxylation is 1. The van der Waals surface area contributed by atoms with Crippen LogP contribution < -0.4 is 9.21 Å². The van der Waals surface area contributed by atoms with E-state index < -0.39 is 10.0 Å².